The molecule has 5 aliphatic carbocycles. The van der Waals surface area contributed by atoms with Gasteiger partial charge in [-0.1, -0.05) is 54.9 Å². The van der Waals surface area contributed by atoms with E-state index in [2.05, 4.69) is 48.5 Å². The van der Waals surface area contributed by atoms with Crippen LogP contribution in [0, 0.1) is 62.6 Å². The van der Waals surface area contributed by atoms with Gasteiger partial charge in [-0.3, -0.25) is 0 Å². The van der Waals surface area contributed by atoms with E-state index in [9.17, 15) is 15.3 Å². The first-order valence-electron chi connectivity index (χ1n) is 16.8. The molecule has 5 saturated carbocycles. The summed E-state index contributed by atoms with van der Waals surface area (Å²) >= 11 is 0. The summed E-state index contributed by atoms with van der Waals surface area (Å²) < 4.78 is 0. The van der Waals surface area contributed by atoms with Crippen molar-refractivity contribution in [2.24, 2.45) is 62.6 Å². The molecule has 0 aliphatic heterocycles. The van der Waals surface area contributed by atoms with Gasteiger partial charge in [0.2, 0.25) is 0 Å². The van der Waals surface area contributed by atoms with Crippen LogP contribution in [-0.4, -0.2) is 45.3 Å². The van der Waals surface area contributed by atoms with E-state index in [0.717, 1.165) is 30.1 Å². The predicted octanol–water partition coefficient (Wildman–Crippen LogP) is 6.97. The lowest BCUT2D eigenvalue weighted by molar-refractivity contribution is -0.241. The summed E-state index contributed by atoms with van der Waals surface area (Å²) in [5.74, 6) is 4.50. The van der Waals surface area contributed by atoms with Crippen LogP contribution >= 0.6 is 0 Å². The van der Waals surface area contributed by atoms with Crippen molar-refractivity contribution < 1.29 is 20.4 Å². The molecule has 0 aromatic rings. The van der Waals surface area contributed by atoms with E-state index in [1.807, 2.05) is 0 Å². The van der Waals surface area contributed by atoms with E-state index in [-0.39, 0.29) is 0 Å². The Kier molecular flexibility index (Phi) is 7.95. The van der Waals surface area contributed by atoms with Gasteiger partial charge in [0.1, 0.15) is 12.2 Å². The molecule has 4 nitrogen and oxygen atoms in total. The fraction of sp³-hybridized carbons (Fsp3) is 1.00. The smallest absolute Gasteiger partial charge is 0.108 e. The Balaban J connectivity index is 1.33. The molecule has 226 valence electrons. The Morgan fingerprint density at radius 3 is 1.90 bits per heavy atom. The zero-order chi connectivity index (χ0) is 28.6. The van der Waals surface area contributed by atoms with Crippen LogP contribution in [0.5, 0.6) is 0 Å². The van der Waals surface area contributed by atoms with Crippen molar-refractivity contribution in [3.05, 3.63) is 0 Å². The van der Waals surface area contributed by atoms with Crippen molar-refractivity contribution in [3.63, 3.8) is 0 Å². The Labute approximate surface area is 239 Å². The van der Waals surface area contributed by atoms with E-state index < -0.39 is 24.9 Å². The van der Waals surface area contributed by atoms with Crippen LogP contribution in [0.15, 0.2) is 0 Å². The predicted molar refractivity (Wildman–Crippen MR) is 158 cm³/mol. The van der Waals surface area contributed by atoms with E-state index in [1.54, 1.807) is 0 Å². The molecule has 0 amide bonds. The lowest BCUT2D eigenvalue weighted by atomic mass is 9.32. The molecule has 4 N–H and O–H groups in total. The summed E-state index contributed by atoms with van der Waals surface area (Å²) in [5, 5.41) is 39.5. The molecule has 5 rings (SSSR count). The zero-order valence-electron chi connectivity index (χ0n) is 26.4. The van der Waals surface area contributed by atoms with E-state index in [4.69, 9.17) is 5.11 Å². The minimum atomic E-state index is -1.27. The summed E-state index contributed by atoms with van der Waals surface area (Å²) in [5.41, 5.74) is 2.27. The van der Waals surface area contributed by atoms with Crippen LogP contribution in [0.1, 0.15) is 132 Å². The minimum absolute atomic E-state index is 0.411. The third-order valence-corrected chi connectivity index (χ3v) is 15.4. The van der Waals surface area contributed by atoms with Gasteiger partial charge in [-0.15, -0.1) is 0 Å². The molecule has 0 heterocycles. The van der Waals surface area contributed by atoms with E-state index >= 15 is 0 Å². The quantitative estimate of drug-likeness (QED) is 0.278. The molecule has 39 heavy (non-hydrogen) atoms. The second-order valence-corrected chi connectivity index (χ2v) is 17.2. The molecular formula is C35H62O4. The molecule has 5 fully saturated rings. The lowest BCUT2D eigenvalue weighted by Gasteiger charge is -2.73. The number of aliphatic hydroxyl groups excluding tert-OH is 4. The molecular weight excluding hydrogens is 484 g/mol. The average molecular weight is 547 g/mol. The van der Waals surface area contributed by atoms with Gasteiger partial charge in [0.15, 0.2) is 0 Å². The third-order valence-electron chi connectivity index (χ3n) is 15.4. The topological polar surface area (TPSA) is 80.9 Å². The number of fused-ring (bicyclic) bond motifs is 7. The molecule has 0 radical (unpaired) electrons. The molecule has 0 unspecified atom stereocenters. The Morgan fingerprint density at radius 1 is 0.641 bits per heavy atom. The number of aliphatic hydroxyl groups is 4. The van der Waals surface area contributed by atoms with E-state index in [0.29, 0.717) is 45.3 Å². The van der Waals surface area contributed by atoms with E-state index in [1.165, 1.54) is 70.6 Å². The highest BCUT2D eigenvalue weighted by Gasteiger charge is 2.70. The third kappa shape index (κ3) is 4.42. The van der Waals surface area contributed by atoms with Crippen LogP contribution < -0.4 is 0 Å². The van der Waals surface area contributed by atoms with Crippen LogP contribution in [0.4, 0.5) is 0 Å². The summed E-state index contributed by atoms with van der Waals surface area (Å²) in [6, 6.07) is 0. The average Bonchev–Trinajstić information content (AvgIpc) is 3.23. The minimum Gasteiger partial charge on any atom is -0.394 e. The van der Waals surface area contributed by atoms with Gasteiger partial charge in [0.05, 0.1) is 12.7 Å². The second kappa shape index (κ2) is 10.2. The van der Waals surface area contributed by atoms with Gasteiger partial charge in [0, 0.05) is 0 Å². The molecule has 13 atom stereocenters. The van der Waals surface area contributed by atoms with Crippen LogP contribution in [-0.2, 0) is 0 Å². The Bertz CT molecular complexity index is 888. The monoisotopic (exact) mass is 546 g/mol. The van der Waals surface area contributed by atoms with Crippen molar-refractivity contribution in [2.45, 2.75) is 150 Å². The van der Waals surface area contributed by atoms with Gasteiger partial charge in [-0.2, -0.15) is 0 Å². The van der Waals surface area contributed by atoms with Crippen LogP contribution in [0.2, 0.25) is 0 Å². The summed E-state index contributed by atoms with van der Waals surface area (Å²) in [4.78, 5) is 0. The maximum Gasteiger partial charge on any atom is 0.108 e. The van der Waals surface area contributed by atoms with Gasteiger partial charge in [0.25, 0.3) is 0 Å². The maximum absolute atomic E-state index is 10.4. The molecule has 0 aromatic heterocycles. The first-order chi connectivity index (χ1) is 18.2. The standard InChI is InChI=1S/C35H62O4/c1-22(9-10-25(37)30(39)26(38)21-36)23-13-18-32(4)24(23)14-19-34(6)28(32)11-12-29-33(5)17-8-16-31(2,3)27(33)15-20-35(29,34)7/h22-30,36-39H,8-21H2,1-7H3/t22-,23+,24+,25-,26+,27-,28-,29+,30-,32-,33-,34+,35+/m0/s1. The highest BCUT2D eigenvalue weighted by Crippen LogP contribution is 2.78. The summed E-state index contributed by atoms with van der Waals surface area (Å²) in [6.07, 6.45) is 13.2. The number of rotatable bonds is 7. The van der Waals surface area contributed by atoms with Crippen LogP contribution in [0.3, 0.4) is 0 Å². The normalized spacial score (nSPS) is 50.1. The number of hydrogen-bond donors (Lipinski definition) is 4. The number of hydrogen-bond acceptors (Lipinski definition) is 4. The van der Waals surface area contributed by atoms with Crippen molar-refractivity contribution in [2.75, 3.05) is 6.61 Å². The molecule has 0 saturated heterocycles. The lowest BCUT2D eigenvalue weighted by Crippen LogP contribution is -2.65. The van der Waals surface area contributed by atoms with Crippen molar-refractivity contribution in [1.82, 2.24) is 0 Å². The van der Waals surface area contributed by atoms with Gasteiger partial charge >= 0.3 is 0 Å². The first kappa shape index (κ1) is 30.3. The maximum atomic E-state index is 10.4. The summed E-state index contributed by atoms with van der Waals surface area (Å²) in [7, 11) is 0. The molecule has 0 spiro atoms. The second-order valence-electron chi connectivity index (χ2n) is 17.2. The summed E-state index contributed by atoms with van der Waals surface area (Å²) in [6.45, 7) is 17.9. The molecule has 5 aliphatic rings. The highest BCUT2D eigenvalue weighted by atomic mass is 16.4. The van der Waals surface area contributed by atoms with Crippen molar-refractivity contribution >= 4 is 0 Å². The van der Waals surface area contributed by atoms with Crippen molar-refractivity contribution in [1.29, 1.82) is 0 Å². The van der Waals surface area contributed by atoms with Crippen LogP contribution in [0.25, 0.3) is 0 Å². The molecule has 4 heteroatoms. The fourth-order valence-corrected chi connectivity index (χ4v) is 13.2. The first-order valence-corrected chi connectivity index (χ1v) is 16.8. The Hall–Kier alpha value is -0.160. The van der Waals surface area contributed by atoms with Gasteiger partial charge in [-0.05, 0) is 140 Å². The molecule has 0 aromatic carbocycles. The van der Waals surface area contributed by atoms with Gasteiger partial charge < -0.3 is 20.4 Å². The zero-order valence-corrected chi connectivity index (χ0v) is 26.4. The molecule has 0 bridgehead atoms. The highest BCUT2D eigenvalue weighted by molar-refractivity contribution is 5.19. The van der Waals surface area contributed by atoms with Gasteiger partial charge in [-0.25, -0.2) is 0 Å². The van der Waals surface area contributed by atoms with Crippen molar-refractivity contribution in [3.8, 4) is 0 Å². The largest absolute Gasteiger partial charge is 0.394 e. The SMILES string of the molecule is C[C@@H](CC[C@H](O)[C@H](O)[C@H](O)CO)[C@H]1CC[C@@]2(C)[C@@H]1CC[C@]1(C)[C@H]2CC[C@@H]2[C@@]3(C)CCCC(C)(C)[C@@H]3CC[C@]21C. The Morgan fingerprint density at radius 2 is 1.26 bits per heavy atom. The fourth-order valence-electron chi connectivity index (χ4n) is 13.2.